The number of para-hydroxylation sites is 5. The Labute approximate surface area is 266 Å². The van der Waals surface area contributed by atoms with E-state index in [1.807, 2.05) is 0 Å². The van der Waals surface area contributed by atoms with Crippen LogP contribution >= 0.6 is 0 Å². The minimum Gasteiger partial charge on any atom is -0.307 e. The second kappa shape index (κ2) is 9.60. The molecule has 0 N–H and O–H groups in total. The Kier molecular flexibility index (Phi) is 5.32. The zero-order valence-electron chi connectivity index (χ0n) is 25.6. The summed E-state index contributed by atoms with van der Waals surface area (Å²) in [6.07, 6.45) is 6.80. The number of hydrogen-bond acceptors (Lipinski definition) is 0. The smallest absolute Gasteiger partial charge is 0.0947 e. The lowest BCUT2D eigenvalue weighted by molar-refractivity contribution is 0.957. The van der Waals surface area contributed by atoms with E-state index in [0.29, 0.717) is 0 Å². The van der Waals surface area contributed by atoms with Gasteiger partial charge >= 0.3 is 0 Å². The van der Waals surface area contributed by atoms with E-state index in [4.69, 9.17) is 0 Å². The molecule has 9 aromatic rings. The number of nitrogens with zero attached hydrogens (tertiary/aromatic N) is 3. The molecule has 0 radical (unpaired) electrons. The van der Waals surface area contributed by atoms with Crippen LogP contribution in [0.4, 0.5) is 0 Å². The highest BCUT2D eigenvalue weighted by molar-refractivity contribution is 6.12. The van der Waals surface area contributed by atoms with Crippen molar-refractivity contribution >= 4 is 60.6 Å². The minimum atomic E-state index is 1.05. The Bertz CT molecular complexity index is 2600. The van der Waals surface area contributed by atoms with E-state index in [-0.39, 0.29) is 0 Å². The molecule has 0 atom stereocenters. The fraction of sp³-hybridized carbons (Fsp3) is 0.0698. The van der Waals surface area contributed by atoms with Crippen LogP contribution in [0.5, 0.6) is 0 Å². The zero-order valence-corrected chi connectivity index (χ0v) is 25.6. The highest BCUT2D eigenvalue weighted by atomic mass is 15.1. The Morgan fingerprint density at radius 3 is 1.39 bits per heavy atom. The monoisotopic (exact) mass is 589 g/mol. The molecule has 0 fully saturated rings. The van der Waals surface area contributed by atoms with Gasteiger partial charge in [-0.15, -0.1) is 0 Å². The van der Waals surface area contributed by atoms with Crippen LogP contribution in [-0.4, -0.2) is 13.7 Å². The molecule has 3 aromatic heterocycles. The summed E-state index contributed by atoms with van der Waals surface area (Å²) < 4.78 is 7.55. The van der Waals surface area contributed by atoms with E-state index in [2.05, 4.69) is 166 Å². The van der Waals surface area contributed by atoms with Gasteiger partial charge in [-0.25, -0.2) is 0 Å². The van der Waals surface area contributed by atoms with Crippen molar-refractivity contribution in [2.24, 2.45) is 0 Å². The maximum Gasteiger partial charge on any atom is 0.0947 e. The average molecular weight is 590 g/mol. The van der Waals surface area contributed by atoms with E-state index in [1.54, 1.807) is 0 Å². The molecule has 0 saturated heterocycles. The summed E-state index contributed by atoms with van der Waals surface area (Å²) in [7, 11) is 0. The maximum atomic E-state index is 2.53. The third kappa shape index (κ3) is 3.43. The highest BCUT2D eigenvalue weighted by Gasteiger charge is 2.26. The normalized spacial score (nSPS) is 13.1. The molecule has 46 heavy (non-hydrogen) atoms. The number of fused-ring (bicyclic) bond motifs is 9. The molecule has 0 unspecified atom stereocenters. The van der Waals surface area contributed by atoms with Gasteiger partial charge in [-0.1, -0.05) is 97.1 Å². The van der Waals surface area contributed by atoms with E-state index in [9.17, 15) is 0 Å². The van der Waals surface area contributed by atoms with Crippen LogP contribution in [0.25, 0.3) is 77.7 Å². The summed E-state index contributed by atoms with van der Waals surface area (Å²) in [6, 6.07) is 49.1. The Balaban J connectivity index is 1.46. The summed E-state index contributed by atoms with van der Waals surface area (Å²) in [6.45, 7) is 2.24. The van der Waals surface area contributed by atoms with Gasteiger partial charge in [0.05, 0.1) is 44.6 Å². The molecule has 0 bridgehead atoms. The molecule has 0 amide bonds. The number of aryl methyl sites for hydroxylation is 2. The number of benzene rings is 6. The molecule has 6 aromatic carbocycles. The van der Waals surface area contributed by atoms with Crippen LogP contribution in [-0.2, 0) is 6.42 Å². The van der Waals surface area contributed by atoms with Crippen LogP contribution in [0.3, 0.4) is 0 Å². The summed E-state index contributed by atoms with van der Waals surface area (Å²) >= 11 is 0. The second-order valence-electron chi connectivity index (χ2n) is 12.5. The molecular formula is C43H31N3. The Morgan fingerprint density at radius 1 is 0.457 bits per heavy atom. The quantitative estimate of drug-likeness (QED) is 0.195. The first-order valence-electron chi connectivity index (χ1n) is 16.2. The van der Waals surface area contributed by atoms with Gasteiger partial charge in [-0.2, -0.15) is 0 Å². The molecule has 0 saturated carbocycles. The van der Waals surface area contributed by atoms with E-state index >= 15 is 0 Å². The van der Waals surface area contributed by atoms with Gasteiger partial charge in [0.15, 0.2) is 0 Å². The Hall–Kier alpha value is -5.80. The van der Waals surface area contributed by atoms with E-state index in [1.165, 1.54) is 88.4 Å². The van der Waals surface area contributed by atoms with Gasteiger partial charge in [0.1, 0.15) is 0 Å². The molecular weight excluding hydrogens is 558 g/mol. The summed E-state index contributed by atoms with van der Waals surface area (Å²) in [5, 5.41) is 6.39. The molecule has 218 valence electrons. The molecule has 10 rings (SSSR count). The van der Waals surface area contributed by atoms with Gasteiger partial charge in [-0.05, 0) is 79.4 Å². The largest absolute Gasteiger partial charge is 0.307 e. The van der Waals surface area contributed by atoms with E-state index < -0.39 is 0 Å². The molecule has 1 aliphatic rings. The van der Waals surface area contributed by atoms with Crippen molar-refractivity contribution in [1.82, 2.24) is 13.7 Å². The predicted molar refractivity (Wildman–Crippen MR) is 194 cm³/mol. The number of hydrogen-bond donors (Lipinski definition) is 0. The topological polar surface area (TPSA) is 14.8 Å². The highest BCUT2D eigenvalue weighted by Crippen LogP contribution is 2.43. The molecule has 3 heteroatoms. The lowest BCUT2D eigenvalue weighted by Crippen LogP contribution is -2.11. The van der Waals surface area contributed by atoms with Crippen molar-refractivity contribution in [1.29, 1.82) is 0 Å². The van der Waals surface area contributed by atoms with Crippen LogP contribution in [0, 0.1) is 6.92 Å². The molecule has 0 spiro atoms. The van der Waals surface area contributed by atoms with Gasteiger partial charge in [0, 0.05) is 32.6 Å². The molecule has 3 nitrogen and oxygen atoms in total. The van der Waals surface area contributed by atoms with Gasteiger partial charge in [0.2, 0.25) is 0 Å². The molecule has 3 heterocycles. The van der Waals surface area contributed by atoms with Crippen molar-refractivity contribution < 1.29 is 0 Å². The first kappa shape index (κ1) is 25.5. The second-order valence-corrected chi connectivity index (χ2v) is 12.5. The van der Waals surface area contributed by atoms with Crippen molar-refractivity contribution in [3.63, 3.8) is 0 Å². The first-order valence-corrected chi connectivity index (χ1v) is 16.2. The van der Waals surface area contributed by atoms with Gasteiger partial charge < -0.3 is 13.7 Å². The van der Waals surface area contributed by atoms with Crippen molar-refractivity contribution in [3.05, 3.63) is 156 Å². The SMILES string of the molecule is Cc1cc(-n2c3c(c4ccccc42)CCC=C3)c(-n2c3ccccc3c3ccccc32)c(-n2c3ccccc3c3ccccc32)c1. The summed E-state index contributed by atoms with van der Waals surface area (Å²) in [5.74, 6) is 0. The summed E-state index contributed by atoms with van der Waals surface area (Å²) in [4.78, 5) is 0. The van der Waals surface area contributed by atoms with Gasteiger partial charge in [0.25, 0.3) is 0 Å². The van der Waals surface area contributed by atoms with Gasteiger partial charge in [-0.3, -0.25) is 0 Å². The average Bonchev–Trinajstić information content (AvgIpc) is 3.74. The lowest BCUT2D eigenvalue weighted by Gasteiger charge is -2.23. The summed E-state index contributed by atoms with van der Waals surface area (Å²) in [5.41, 5.74) is 13.6. The van der Waals surface area contributed by atoms with Crippen molar-refractivity contribution in [2.75, 3.05) is 0 Å². The van der Waals surface area contributed by atoms with Crippen LogP contribution in [0.2, 0.25) is 0 Å². The lowest BCUT2D eigenvalue weighted by atomic mass is 10.0. The molecule has 1 aliphatic carbocycles. The zero-order chi connectivity index (χ0) is 30.4. The maximum absolute atomic E-state index is 2.53. The first-order chi connectivity index (χ1) is 22.8. The minimum absolute atomic E-state index is 1.05. The third-order valence-corrected chi connectivity index (χ3v) is 9.94. The van der Waals surface area contributed by atoms with Crippen LogP contribution < -0.4 is 0 Å². The molecule has 0 aliphatic heterocycles. The van der Waals surface area contributed by atoms with Crippen molar-refractivity contribution in [2.45, 2.75) is 19.8 Å². The fourth-order valence-electron chi connectivity index (χ4n) is 8.10. The number of rotatable bonds is 3. The Morgan fingerprint density at radius 2 is 0.870 bits per heavy atom. The van der Waals surface area contributed by atoms with Crippen molar-refractivity contribution in [3.8, 4) is 17.1 Å². The standard InChI is InChI=1S/C43H31N3/c1-28-26-41(44-35-20-8-2-14-29(35)30-15-3-9-21-36(30)44)43(46-39-24-12-6-18-33(39)34-19-7-13-25-40(34)46)42(27-28)45-37-22-10-4-16-31(37)32-17-5-11-23-38(32)45/h2-4,6-16,18-27H,5,17H2,1H3. The predicted octanol–water partition coefficient (Wildman–Crippen LogP) is 11.1. The van der Waals surface area contributed by atoms with Crippen LogP contribution in [0.1, 0.15) is 23.2 Å². The number of allylic oxidation sites excluding steroid dienone is 1. The van der Waals surface area contributed by atoms with E-state index in [0.717, 1.165) is 12.8 Å². The third-order valence-electron chi connectivity index (χ3n) is 9.94. The fourth-order valence-corrected chi connectivity index (χ4v) is 8.10. The van der Waals surface area contributed by atoms with Crippen LogP contribution in [0.15, 0.2) is 140 Å². The number of aromatic nitrogens is 3.